The first-order valence-electron chi connectivity index (χ1n) is 9.48. The Hall–Kier alpha value is -3.98. The van der Waals surface area contributed by atoms with Gasteiger partial charge in [0.25, 0.3) is 5.56 Å². The highest BCUT2D eigenvalue weighted by Crippen LogP contribution is 2.22. The second-order valence-corrected chi connectivity index (χ2v) is 8.04. The van der Waals surface area contributed by atoms with Crippen molar-refractivity contribution in [2.45, 2.75) is 13.2 Å². The van der Waals surface area contributed by atoms with E-state index in [-0.39, 0.29) is 23.4 Å². The number of aromatic amines is 2. The van der Waals surface area contributed by atoms with Gasteiger partial charge in [-0.2, -0.15) is 0 Å². The fourth-order valence-corrected chi connectivity index (χ4v) is 4.28. The first kappa shape index (κ1) is 19.0. The molecule has 0 atom stereocenters. The van der Waals surface area contributed by atoms with E-state index in [9.17, 15) is 14.4 Å². The van der Waals surface area contributed by atoms with Gasteiger partial charge < -0.3 is 9.72 Å². The number of carbonyl (C=O) groups is 1. The number of H-pyrrole nitrogens is 2. The van der Waals surface area contributed by atoms with E-state index in [0.717, 1.165) is 38.1 Å². The van der Waals surface area contributed by atoms with Crippen molar-refractivity contribution >= 4 is 38.6 Å². The molecular formula is C22H16N4O4S. The molecule has 2 aromatic carbocycles. The van der Waals surface area contributed by atoms with E-state index < -0.39 is 17.2 Å². The van der Waals surface area contributed by atoms with E-state index in [0.29, 0.717) is 4.83 Å². The van der Waals surface area contributed by atoms with Crippen LogP contribution in [0.3, 0.4) is 0 Å². The number of hydrogen-bond acceptors (Lipinski definition) is 6. The van der Waals surface area contributed by atoms with Crippen molar-refractivity contribution in [3.63, 3.8) is 0 Å². The van der Waals surface area contributed by atoms with Gasteiger partial charge in [0.1, 0.15) is 16.3 Å². The lowest BCUT2D eigenvalue weighted by molar-refractivity contribution is 0.0479. The molecule has 0 amide bonds. The Morgan fingerprint density at radius 2 is 1.90 bits per heavy atom. The number of esters is 1. The summed E-state index contributed by atoms with van der Waals surface area (Å²) in [6, 6.07) is 16.2. The second kappa shape index (κ2) is 7.69. The Morgan fingerprint density at radius 1 is 1.06 bits per heavy atom. The Balaban J connectivity index is 1.39. The predicted molar refractivity (Wildman–Crippen MR) is 117 cm³/mol. The smallest absolute Gasteiger partial charge is 0.348 e. The maximum absolute atomic E-state index is 12.9. The number of rotatable bonds is 5. The zero-order valence-electron chi connectivity index (χ0n) is 16.1. The fourth-order valence-electron chi connectivity index (χ4n) is 3.35. The van der Waals surface area contributed by atoms with Gasteiger partial charge in [0.05, 0.1) is 29.3 Å². The van der Waals surface area contributed by atoms with Crippen LogP contribution in [0.1, 0.15) is 20.8 Å². The highest BCUT2D eigenvalue weighted by Gasteiger charge is 2.17. The van der Waals surface area contributed by atoms with Crippen LogP contribution in [0.5, 0.6) is 0 Å². The molecule has 3 aromatic heterocycles. The first-order valence-corrected chi connectivity index (χ1v) is 10.3. The Bertz CT molecular complexity index is 1530. The van der Waals surface area contributed by atoms with Crippen LogP contribution in [0.25, 0.3) is 21.3 Å². The van der Waals surface area contributed by atoms with Crippen LogP contribution in [0.15, 0.2) is 70.5 Å². The number of aromatic nitrogens is 4. The van der Waals surface area contributed by atoms with E-state index in [1.54, 1.807) is 6.33 Å². The van der Waals surface area contributed by atoms with Crippen molar-refractivity contribution in [1.82, 2.24) is 19.5 Å². The zero-order chi connectivity index (χ0) is 21.4. The minimum atomic E-state index is -0.555. The standard InChI is InChI=1S/C22H16N4O4S/c27-20-15-9-18(21(28)30-11-14-6-7-16-17(8-14)24-12-23-16)31-19(15)25-22(29)26(20)10-13-4-2-1-3-5-13/h1-9,12H,10-11H2,(H,23,24)(H,25,29). The molecule has 0 spiro atoms. The third-order valence-corrected chi connectivity index (χ3v) is 5.94. The average Bonchev–Trinajstić information content (AvgIpc) is 3.42. The molecule has 5 aromatic rings. The number of carbonyl (C=O) groups excluding carboxylic acids is 1. The molecule has 0 aliphatic carbocycles. The molecule has 9 heteroatoms. The van der Waals surface area contributed by atoms with Crippen molar-refractivity contribution in [3.05, 3.63) is 97.8 Å². The van der Waals surface area contributed by atoms with Gasteiger partial charge >= 0.3 is 11.7 Å². The molecule has 2 N–H and O–H groups in total. The van der Waals surface area contributed by atoms with Crippen molar-refractivity contribution < 1.29 is 9.53 Å². The van der Waals surface area contributed by atoms with Crippen molar-refractivity contribution in [3.8, 4) is 0 Å². The summed E-state index contributed by atoms with van der Waals surface area (Å²) in [4.78, 5) is 48.3. The van der Waals surface area contributed by atoms with Gasteiger partial charge in [0, 0.05) is 0 Å². The fraction of sp³-hybridized carbons (Fsp3) is 0.0909. The van der Waals surface area contributed by atoms with Crippen molar-refractivity contribution in [1.29, 1.82) is 0 Å². The molecule has 0 unspecified atom stereocenters. The topological polar surface area (TPSA) is 110 Å². The number of thiophene rings is 1. The van der Waals surface area contributed by atoms with Crippen LogP contribution in [0.4, 0.5) is 0 Å². The number of nitrogens with zero attached hydrogens (tertiary/aromatic N) is 2. The minimum absolute atomic E-state index is 0.0802. The third-order valence-electron chi connectivity index (χ3n) is 4.91. The molecule has 31 heavy (non-hydrogen) atoms. The molecule has 3 heterocycles. The zero-order valence-corrected chi connectivity index (χ0v) is 16.9. The Kier molecular flexibility index (Phi) is 4.72. The Morgan fingerprint density at radius 3 is 2.74 bits per heavy atom. The summed E-state index contributed by atoms with van der Waals surface area (Å²) in [5.41, 5.74) is 2.37. The molecule has 8 nitrogen and oxygen atoms in total. The van der Waals surface area contributed by atoms with Crippen LogP contribution in [0.2, 0.25) is 0 Å². The van der Waals surface area contributed by atoms with Gasteiger partial charge in [-0.25, -0.2) is 14.6 Å². The molecular weight excluding hydrogens is 416 g/mol. The third kappa shape index (κ3) is 3.66. The molecule has 5 rings (SSSR count). The highest BCUT2D eigenvalue weighted by molar-refractivity contribution is 7.20. The number of ether oxygens (including phenoxy) is 1. The van der Waals surface area contributed by atoms with Gasteiger partial charge in [-0.15, -0.1) is 11.3 Å². The van der Waals surface area contributed by atoms with Crippen molar-refractivity contribution in [2.24, 2.45) is 0 Å². The Labute approximate surface area is 178 Å². The van der Waals surface area contributed by atoms with Crippen LogP contribution in [-0.2, 0) is 17.9 Å². The normalized spacial score (nSPS) is 11.2. The molecule has 0 aliphatic heterocycles. The first-order chi connectivity index (χ1) is 15.1. The van der Waals surface area contributed by atoms with Crippen LogP contribution in [0, 0.1) is 0 Å². The lowest BCUT2D eigenvalue weighted by Crippen LogP contribution is -2.34. The second-order valence-electron chi connectivity index (χ2n) is 6.99. The number of benzene rings is 2. The monoisotopic (exact) mass is 432 g/mol. The lowest BCUT2D eigenvalue weighted by atomic mass is 10.2. The molecule has 0 saturated heterocycles. The number of hydrogen-bond donors (Lipinski definition) is 2. The van der Waals surface area contributed by atoms with Gasteiger partial charge in [-0.3, -0.25) is 14.3 Å². The molecule has 0 aliphatic rings. The van der Waals surface area contributed by atoms with Crippen molar-refractivity contribution in [2.75, 3.05) is 0 Å². The molecule has 0 bridgehead atoms. The van der Waals surface area contributed by atoms with Crippen LogP contribution >= 0.6 is 11.3 Å². The SMILES string of the molecule is O=C(OCc1ccc2nc[nH]c2c1)c1cc2c(=O)n(Cc3ccccc3)c(=O)[nH]c2s1. The molecule has 154 valence electrons. The maximum Gasteiger partial charge on any atom is 0.348 e. The highest BCUT2D eigenvalue weighted by atomic mass is 32.1. The molecule has 0 saturated carbocycles. The summed E-state index contributed by atoms with van der Waals surface area (Å²) >= 11 is 1.03. The largest absolute Gasteiger partial charge is 0.457 e. The number of fused-ring (bicyclic) bond motifs is 2. The van der Waals surface area contributed by atoms with Gasteiger partial charge in [0.2, 0.25) is 0 Å². The summed E-state index contributed by atoms with van der Waals surface area (Å²) in [7, 11) is 0. The van der Waals surface area contributed by atoms with E-state index >= 15 is 0 Å². The summed E-state index contributed by atoms with van der Waals surface area (Å²) in [6.07, 6.45) is 1.60. The summed E-state index contributed by atoms with van der Waals surface area (Å²) < 4.78 is 6.53. The van der Waals surface area contributed by atoms with Gasteiger partial charge in [-0.05, 0) is 29.3 Å². The van der Waals surface area contributed by atoms with Gasteiger partial charge in [0.15, 0.2) is 0 Å². The van der Waals surface area contributed by atoms with Crippen LogP contribution < -0.4 is 11.2 Å². The molecule has 0 radical (unpaired) electrons. The number of imidazole rings is 1. The van der Waals surface area contributed by atoms with E-state index in [2.05, 4.69) is 15.0 Å². The average molecular weight is 432 g/mol. The van der Waals surface area contributed by atoms with E-state index in [1.807, 2.05) is 48.5 Å². The lowest BCUT2D eigenvalue weighted by Gasteiger charge is -2.04. The van der Waals surface area contributed by atoms with E-state index in [1.165, 1.54) is 6.07 Å². The van der Waals surface area contributed by atoms with Gasteiger partial charge in [-0.1, -0.05) is 36.4 Å². The maximum atomic E-state index is 12.9. The minimum Gasteiger partial charge on any atom is -0.457 e. The van der Waals surface area contributed by atoms with Crippen LogP contribution in [-0.4, -0.2) is 25.5 Å². The van der Waals surface area contributed by atoms with E-state index in [4.69, 9.17) is 4.74 Å². The quantitative estimate of drug-likeness (QED) is 0.415. The summed E-state index contributed by atoms with van der Waals surface area (Å²) in [5, 5.41) is 0.284. The summed E-state index contributed by atoms with van der Waals surface area (Å²) in [6.45, 7) is 0.230. The molecule has 0 fully saturated rings. The number of nitrogens with one attached hydrogen (secondary N) is 2. The summed E-state index contributed by atoms with van der Waals surface area (Å²) in [5.74, 6) is -0.555. The predicted octanol–water partition coefficient (Wildman–Crippen LogP) is 3.03.